The van der Waals surface area contributed by atoms with Crippen LogP contribution in [0.3, 0.4) is 0 Å². The van der Waals surface area contributed by atoms with Gasteiger partial charge in [0.15, 0.2) is 0 Å². The van der Waals surface area contributed by atoms with Gasteiger partial charge in [-0.25, -0.2) is 9.78 Å². The summed E-state index contributed by atoms with van der Waals surface area (Å²) in [6.07, 6.45) is 0. The van der Waals surface area contributed by atoms with E-state index >= 15 is 0 Å². The van der Waals surface area contributed by atoms with Gasteiger partial charge in [0.1, 0.15) is 9.88 Å². The van der Waals surface area contributed by atoms with Crippen molar-refractivity contribution in [1.29, 1.82) is 0 Å². The van der Waals surface area contributed by atoms with Crippen LogP contribution in [-0.4, -0.2) is 35.1 Å². The second kappa shape index (κ2) is 5.38. The molecule has 0 atom stereocenters. The number of carboxylic acids is 1. The first-order chi connectivity index (χ1) is 8.97. The van der Waals surface area contributed by atoms with Gasteiger partial charge in [-0.2, -0.15) is 0 Å². The minimum absolute atomic E-state index is 0.265. The quantitative estimate of drug-likeness (QED) is 0.837. The maximum absolute atomic E-state index is 11.3. The highest BCUT2D eigenvalue weighted by Gasteiger charge is 2.18. The van der Waals surface area contributed by atoms with Gasteiger partial charge in [0.2, 0.25) is 0 Å². The Labute approximate surface area is 115 Å². The molecule has 0 aliphatic heterocycles. The van der Waals surface area contributed by atoms with Crippen molar-refractivity contribution in [2.24, 2.45) is 0 Å². The van der Waals surface area contributed by atoms with Crippen LogP contribution in [0.4, 0.5) is 5.69 Å². The van der Waals surface area contributed by atoms with Crippen molar-refractivity contribution in [3.05, 3.63) is 34.2 Å². The van der Waals surface area contributed by atoms with Gasteiger partial charge in [0.05, 0.1) is 5.69 Å². The zero-order valence-electron chi connectivity index (χ0n) is 10.8. The second-order valence-corrected chi connectivity index (χ2v) is 5.53. The van der Waals surface area contributed by atoms with Crippen molar-refractivity contribution in [2.75, 3.05) is 19.8 Å². The van der Waals surface area contributed by atoms with Crippen LogP contribution in [0.2, 0.25) is 0 Å². The number of rotatable bonds is 4. The van der Waals surface area contributed by atoms with Crippen molar-refractivity contribution in [3.63, 3.8) is 0 Å². The monoisotopic (exact) mass is 277 g/mol. The Morgan fingerprint density at radius 1 is 1.37 bits per heavy atom. The molecule has 0 fully saturated rings. The molecule has 0 aliphatic rings. The van der Waals surface area contributed by atoms with E-state index in [1.807, 2.05) is 19.0 Å². The summed E-state index contributed by atoms with van der Waals surface area (Å²) in [6, 6.07) is 7.06. The lowest BCUT2D eigenvalue weighted by molar-refractivity contribution is 0.0702. The van der Waals surface area contributed by atoms with E-state index in [4.69, 9.17) is 5.73 Å². The smallest absolute Gasteiger partial charge is 0.348 e. The number of nitrogen functional groups attached to an aromatic ring is 1. The van der Waals surface area contributed by atoms with Crippen molar-refractivity contribution in [3.8, 4) is 11.3 Å². The zero-order chi connectivity index (χ0) is 14.0. The molecule has 100 valence electrons. The third-order valence-electron chi connectivity index (χ3n) is 2.50. The molecule has 2 aromatic rings. The number of nitrogens with two attached hydrogens (primary N) is 1. The molecule has 0 unspecified atom stereocenters. The van der Waals surface area contributed by atoms with Crippen LogP contribution in [0, 0.1) is 0 Å². The Bertz CT molecular complexity index is 590. The molecule has 0 radical (unpaired) electrons. The number of aromatic carboxylic acids is 1. The molecule has 0 bridgehead atoms. The van der Waals surface area contributed by atoms with E-state index in [0.29, 0.717) is 17.9 Å². The summed E-state index contributed by atoms with van der Waals surface area (Å²) in [5, 5.41) is 10.0. The van der Waals surface area contributed by atoms with Gasteiger partial charge in [-0.1, -0.05) is 12.1 Å². The molecule has 5 nitrogen and oxygen atoms in total. The molecule has 2 rings (SSSR count). The molecule has 0 saturated carbocycles. The van der Waals surface area contributed by atoms with E-state index in [1.54, 1.807) is 24.3 Å². The number of carboxylic acid groups (broad SMARTS) is 1. The summed E-state index contributed by atoms with van der Waals surface area (Å²) in [7, 11) is 3.84. The van der Waals surface area contributed by atoms with Crippen LogP contribution in [0.15, 0.2) is 24.3 Å². The molecule has 3 N–H and O–H groups in total. The fourth-order valence-corrected chi connectivity index (χ4v) is 2.73. The highest BCUT2D eigenvalue weighted by molar-refractivity contribution is 7.14. The molecule has 19 heavy (non-hydrogen) atoms. The van der Waals surface area contributed by atoms with Gasteiger partial charge in [0, 0.05) is 17.8 Å². The minimum Gasteiger partial charge on any atom is -0.477 e. The summed E-state index contributed by atoms with van der Waals surface area (Å²) in [4.78, 5) is 17.9. The van der Waals surface area contributed by atoms with Gasteiger partial charge in [-0.05, 0) is 26.2 Å². The fourth-order valence-electron chi connectivity index (χ4n) is 1.68. The van der Waals surface area contributed by atoms with Crippen molar-refractivity contribution < 1.29 is 9.90 Å². The number of hydrogen-bond donors (Lipinski definition) is 2. The molecule has 0 spiro atoms. The Morgan fingerprint density at radius 2 is 2.00 bits per heavy atom. The van der Waals surface area contributed by atoms with Gasteiger partial charge in [-0.3, -0.25) is 0 Å². The van der Waals surface area contributed by atoms with E-state index in [1.165, 1.54) is 11.3 Å². The Balaban J connectivity index is 2.45. The maximum atomic E-state index is 11.3. The molecule has 1 aromatic heterocycles. The number of thiazole rings is 1. The van der Waals surface area contributed by atoms with Crippen molar-refractivity contribution in [1.82, 2.24) is 9.88 Å². The number of carbonyl (C=O) groups is 1. The summed E-state index contributed by atoms with van der Waals surface area (Å²) < 4.78 is 0. The van der Waals surface area contributed by atoms with Gasteiger partial charge >= 0.3 is 5.97 Å². The van der Waals surface area contributed by atoms with E-state index in [2.05, 4.69) is 4.98 Å². The number of benzene rings is 1. The normalized spacial score (nSPS) is 10.9. The average Bonchev–Trinajstić information content (AvgIpc) is 2.73. The molecule has 6 heteroatoms. The topological polar surface area (TPSA) is 79.5 Å². The summed E-state index contributed by atoms with van der Waals surface area (Å²) >= 11 is 1.21. The molecule has 0 saturated heterocycles. The Hall–Kier alpha value is -1.92. The first kappa shape index (κ1) is 13.5. The predicted octanol–water partition coefficient (Wildman–Crippen LogP) is 2.15. The highest BCUT2D eigenvalue weighted by Crippen LogP contribution is 2.29. The number of nitrogens with zero attached hydrogens (tertiary/aromatic N) is 2. The molecule has 1 aromatic carbocycles. The Morgan fingerprint density at radius 3 is 2.53 bits per heavy atom. The third-order valence-corrected chi connectivity index (χ3v) is 3.53. The average molecular weight is 277 g/mol. The predicted molar refractivity (Wildman–Crippen MR) is 76.3 cm³/mol. The van der Waals surface area contributed by atoms with Crippen molar-refractivity contribution >= 4 is 23.0 Å². The lowest BCUT2D eigenvalue weighted by atomic mass is 10.1. The molecular formula is C13H15N3O2S. The summed E-state index contributed by atoms with van der Waals surface area (Å²) in [5.41, 5.74) is 7.56. The standard InChI is InChI=1S/C13H15N3O2S/c1-16(2)7-10-15-11(12(19-10)13(17)18)8-3-5-9(14)6-4-8/h3-6H,7,14H2,1-2H3,(H,17,18). The molecule has 0 aliphatic carbocycles. The van der Waals surface area contributed by atoms with Gasteiger partial charge < -0.3 is 15.7 Å². The van der Waals surface area contributed by atoms with E-state index < -0.39 is 5.97 Å². The first-order valence-electron chi connectivity index (χ1n) is 5.71. The van der Waals surface area contributed by atoms with Gasteiger partial charge in [-0.15, -0.1) is 11.3 Å². The maximum Gasteiger partial charge on any atom is 0.348 e. The largest absolute Gasteiger partial charge is 0.477 e. The lowest BCUT2D eigenvalue weighted by Crippen LogP contribution is -2.10. The SMILES string of the molecule is CN(C)Cc1nc(-c2ccc(N)cc2)c(C(=O)O)s1. The second-order valence-electron chi connectivity index (χ2n) is 4.45. The fraction of sp³-hybridized carbons (Fsp3) is 0.231. The minimum atomic E-state index is -0.950. The van der Waals surface area contributed by atoms with Crippen LogP contribution in [0.1, 0.15) is 14.7 Å². The first-order valence-corrected chi connectivity index (χ1v) is 6.52. The van der Waals surface area contributed by atoms with Crippen LogP contribution in [-0.2, 0) is 6.54 Å². The molecule has 0 amide bonds. The van der Waals surface area contributed by atoms with Crippen LogP contribution < -0.4 is 5.73 Å². The molecule has 1 heterocycles. The van der Waals surface area contributed by atoms with Crippen molar-refractivity contribution in [2.45, 2.75) is 6.54 Å². The number of anilines is 1. The zero-order valence-corrected chi connectivity index (χ0v) is 11.6. The van der Waals surface area contributed by atoms with Crippen LogP contribution in [0.5, 0.6) is 0 Å². The lowest BCUT2D eigenvalue weighted by Gasteiger charge is -2.05. The summed E-state index contributed by atoms with van der Waals surface area (Å²) in [5.74, 6) is -0.950. The van der Waals surface area contributed by atoms with Crippen LogP contribution >= 0.6 is 11.3 Å². The number of aromatic nitrogens is 1. The third kappa shape index (κ3) is 3.10. The van der Waals surface area contributed by atoms with Gasteiger partial charge in [0.25, 0.3) is 0 Å². The van der Waals surface area contributed by atoms with E-state index in [0.717, 1.165) is 10.6 Å². The van der Waals surface area contributed by atoms with E-state index in [-0.39, 0.29) is 4.88 Å². The van der Waals surface area contributed by atoms with Crippen LogP contribution in [0.25, 0.3) is 11.3 Å². The number of hydrogen-bond acceptors (Lipinski definition) is 5. The Kier molecular flexibility index (Phi) is 3.82. The summed E-state index contributed by atoms with van der Waals surface area (Å²) in [6.45, 7) is 0.625. The highest BCUT2D eigenvalue weighted by atomic mass is 32.1. The molecular weight excluding hydrogens is 262 g/mol. The van der Waals surface area contributed by atoms with E-state index in [9.17, 15) is 9.90 Å².